The van der Waals surface area contributed by atoms with Crippen molar-refractivity contribution < 1.29 is 14.7 Å². The van der Waals surface area contributed by atoms with Crippen LogP contribution in [0.4, 0.5) is 0 Å². The summed E-state index contributed by atoms with van der Waals surface area (Å²) in [5, 5.41) is 9.87. The molecule has 106 valence electrons. The second-order valence-corrected chi connectivity index (χ2v) is 6.12. The first-order valence-corrected chi connectivity index (χ1v) is 7.08. The summed E-state index contributed by atoms with van der Waals surface area (Å²) in [5.41, 5.74) is 1.82. The minimum atomic E-state index is -1.03. The smallest absolute Gasteiger partial charge is 0.315 e. The zero-order valence-corrected chi connectivity index (χ0v) is 12.0. The number of carboxylic acids is 1. The van der Waals surface area contributed by atoms with Crippen LogP contribution >= 0.6 is 11.6 Å². The highest BCUT2D eigenvalue weighted by molar-refractivity contribution is 6.31. The van der Waals surface area contributed by atoms with E-state index in [2.05, 4.69) is 0 Å². The van der Waals surface area contributed by atoms with Crippen LogP contribution in [0.3, 0.4) is 0 Å². The Labute approximate surface area is 122 Å². The van der Waals surface area contributed by atoms with Gasteiger partial charge < -0.3 is 5.11 Å². The van der Waals surface area contributed by atoms with Crippen LogP contribution in [-0.4, -0.2) is 35.4 Å². The Morgan fingerprint density at radius 2 is 2.25 bits per heavy atom. The molecule has 1 aromatic carbocycles. The van der Waals surface area contributed by atoms with Crippen LogP contribution in [0, 0.1) is 5.92 Å². The molecule has 0 aromatic heterocycles. The van der Waals surface area contributed by atoms with Crippen molar-refractivity contribution in [1.82, 2.24) is 4.90 Å². The predicted molar refractivity (Wildman–Crippen MR) is 74.8 cm³/mol. The van der Waals surface area contributed by atoms with Gasteiger partial charge in [-0.1, -0.05) is 23.7 Å². The summed E-state index contributed by atoms with van der Waals surface area (Å²) in [6.07, 6.45) is 1.92. The average molecular weight is 294 g/mol. The third-order valence-electron chi connectivity index (χ3n) is 4.75. The number of rotatable bonds is 1. The number of aliphatic carboxylic acids is 1. The van der Waals surface area contributed by atoms with Gasteiger partial charge in [0, 0.05) is 18.0 Å². The van der Waals surface area contributed by atoms with Crippen LogP contribution in [0.15, 0.2) is 18.2 Å². The fourth-order valence-corrected chi connectivity index (χ4v) is 3.88. The van der Waals surface area contributed by atoms with Crippen LogP contribution < -0.4 is 0 Å². The maximum Gasteiger partial charge on any atom is 0.315 e. The number of carboxylic acid groups (broad SMARTS) is 1. The molecule has 1 aliphatic carbocycles. The third-order valence-corrected chi connectivity index (χ3v) is 5.10. The van der Waals surface area contributed by atoms with Crippen molar-refractivity contribution >= 4 is 23.4 Å². The van der Waals surface area contributed by atoms with Gasteiger partial charge >= 0.3 is 5.97 Å². The molecule has 2 aliphatic rings. The molecular formula is C15H16ClNO3. The van der Waals surface area contributed by atoms with Crippen molar-refractivity contribution in [3.8, 4) is 0 Å². The van der Waals surface area contributed by atoms with E-state index in [0.29, 0.717) is 0 Å². The average Bonchev–Trinajstić information content (AvgIpc) is 2.75. The SMILES string of the molecule is CN1CC(C(=O)O)C(=O)C[C@]12CCc1c(Cl)cccc12. The summed E-state index contributed by atoms with van der Waals surface area (Å²) in [5.74, 6) is -2.11. The number of likely N-dealkylation sites (tertiary alicyclic amines) is 1. The number of hydrogen-bond acceptors (Lipinski definition) is 3. The van der Waals surface area contributed by atoms with Crippen LogP contribution in [0.25, 0.3) is 0 Å². The molecule has 4 nitrogen and oxygen atoms in total. The fraction of sp³-hybridized carbons (Fsp3) is 0.467. The molecule has 3 rings (SSSR count). The van der Waals surface area contributed by atoms with Crippen molar-refractivity contribution in [1.29, 1.82) is 0 Å². The van der Waals surface area contributed by atoms with E-state index < -0.39 is 11.9 Å². The Morgan fingerprint density at radius 1 is 1.50 bits per heavy atom. The van der Waals surface area contributed by atoms with Crippen LogP contribution in [-0.2, 0) is 21.5 Å². The van der Waals surface area contributed by atoms with Crippen molar-refractivity contribution in [3.63, 3.8) is 0 Å². The van der Waals surface area contributed by atoms with Gasteiger partial charge in [0.25, 0.3) is 0 Å². The van der Waals surface area contributed by atoms with E-state index in [0.717, 1.165) is 29.0 Å². The number of Topliss-reactive ketones (excluding diaryl/α,β-unsaturated/α-hetero) is 1. The molecular weight excluding hydrogens is 278 g/mol. The highest BCUT2D eigenvalue weighted by atomic mass is 35.5. The number of carbonyl (C=O) groups excluding carboxylic acids is 1. The molecule has 1 unspecified atom stereocenters. The standard InChI is InChI=1S/C15H16ClNO3/c1-17-8-10(14(19)20)13(18)7-15(17)6-5-9-11(15)3-2-4-12(9)16/h2-4,10H,5-8H2,1H3,(H,19,20)/t10?,15-/m0/s1. The molecule has 1 spiro atoms. The third kappa shape index (κ3) is 1.79. The van der Waals surface area contributed by atoms with Crippen molar-refractivity contribution in [3.05, 3.63) is 34.3 Å². The number of hydrogen-bond donors (Lipinski definition) is 1. The first-order valence-electron chi connectivity index (χ1n) is 6.70. The number of fused-ring (bicyclic) bond motifs is 2. The molecule has 0 amide bonds. The van der Waals surface area contributed by atoms with Gasteiger partial charge in [-0.05, 0) is 37.1 Å². The minimum Gasteiger partial charge on any atom is -0.481 e. The van der Waals surface area contributed by atoms with Gasteiger partial charge in [-0.15, -0.1) is 0 Å². The van der Waals surface area contributed by atoms with Crippen LogP contribution in [0.5, 0.6) is 0 Å². The van der Waals surface area contributed by atoms with Gasteiger partial charge in [-0.2, -0.15) is 0 Å². The minimum absolute atomic E-state index is 0.177. The van der Waals surface area contributed by atoms with Crippen LogP contribution in [0.1, 0.15) is 24.0 Å². The highest BCUT2D eigenvalue weighted by Crippen LogP contribution is 2.48. The first-order chi connectivity index (χ1) is 9.45. The molecule has 1 heterocycles. The van der Waals surface area contributed by atoms with Gasteiger partial charge in [-0.25, -0.2) is 0 Å². The number of ketones is 1. The predicted octanol–water partition coefficient (Wildman–Crippen LogP) is 2.09. The lowest BCUT2D eigenvalue weighted by molar-refractivity contribution is -0.152. The summed E-state index contributed by atoms with van der Waals surface area (Å²) in [4.78, 5) is 25.4. The van der Waals surface area contributed by atoms with Crippen molar-refractivity contribution in [2.45, 2.75) is 24.8 Å². The quantitative estimate of drug-likeness (QED) is 0.806. The first kappa shape index (κ1) is 13.6. The largest absolute Gasteiger partial charge is 0.481 e. The lowest BCUT2D eigenvalue weighted by Gasteiger charge is -2.44. The van der Waals surface area contributed by atoms with E-state index in [-0.39, 0.29) is 24.3 Å². The second-order valence-electron chi connectivity index (χ2n) is 5.71. The molecule has 1 fully saturated rings. The molecule has 5 heteroatoms. The molecule has 1 saturated heterocycles. The maximum absolute atomic E-state index is 12.2. The van der Waals surface area contributed by atoms with E-state index in [9.17, 15) is 9.59 Å². The number of carbonyl (C=O) groups is 2. The lowest BCUT2D eigenvalue weighted by atomic mass is 9.78. The molecule has 1 aliphatic heterocycles. The summed E-state index contributed by atoms with van der Waals surface area (Å²) < 4.78 is 0. The molecule has 0 radical (unpaired) electrons. The highest BCUT2D eigenvalue weighted by Gasteiger charge is 2.50. The zero-order valence-electron chi connectivity index (χ0n) is 11.2. The second kappa shape index (κ2) is 4.57. The molecule has 0 saturated carbocycles. The topological polar surface area (TPSA) is 57.6 Å². The summed E-state index contributed by atoms with van der Waals surface area (Å²) in [6.45, 7) is 0.264. The monoisotopic (exact) mass is 293 g/mol. The summed E-state index contributed by atoms with van der Waals surface area (Å²) in [7, 11) is 1.90. The van der Waals surface area contributed by atoms with Gasteiger partial charge in [-0.3, -0.25) is 14.5 Å². The molecule has 1 aromatic rings. The Kier molecular flexibility index (Phi) is 3.10. The normalized spacial score (nSPS) is 29.7. The summed E-state index contributed by atoms with van der Waals surface area (Å²) in [6, 6.07) is 5.78. The van der Waals surface area contributed by atoms with E-state index in [4.69, 9.17) is 16.7 Å². The maximum atomic E-state index is 12.2. The Bertz CT molecular complexity index is 601. The molecule has 20 heavy (non-hydrogen) atoms. The Balaban J connectivity index is 2.03. The van der Waals surface area contributed by atoms with E-state index >= 15 is 0 Å². The van der Waals surface area contributed by atoms with E-state index in [1.54, 1.807) is 0 Å². The number of halogens is 1. The fourth-order valence-electron chi connectivity index (χ4n) is 3.61. The van der Waals surface area contributed by atoms with Gasteiger partial charge in [0.05, 0.1) is 5.54 Å². The summed E-state index contributed by atoms with van der Waals surface area (Å²) >= 11 is 6.24. The number of benzene rings is 1. The molecule has 0 bridgehead atoms. The van der Waals surface area contributed by atoms with Crippen molar-refractivity contribution in [2.24, 2.45) is 5.92 Å². The van der Waals surface area contributed by atoms with Crippen molar-refractivity contribution in [2.75, 3.05) is 13.6 Å². The Morgan fingerprint density at radius 3 is 2.95 bits per heavy atom. The number of nitrogens with zero attached hydrogens (tertiary/aromatic N) is 1. The molecule has 1 N–H and O–H groups in total. The van der Waals surface area contributed by atoms with E-state index in [1.165, 1.54) is 0 Å². The van der Waals surface area contributed by atoms with E-state index in [1.807, 2.05) is 30.1 Å². The van der Waals surface area contributed by atoms with Gasteiger partial charge in [0.2, 0.25) is 0 Å². The zero-order chi connectivity index (χ0) is 14.5. The Hall–Kier alpha value is -1.39. The van der Waals surface area contributed by atoms with Gasteiger partial charge in [0.15, 0.2) is 5.78 Å². The molecule has 2 atom stereocenters. The number of piperidine rings is 1. The van der Waals surface area contributed by atoms with Gasteiger partial charge in [0.1, 0.15) is 5.92 Å². The lowest BCUT2D eigenvalue weighted by Crippen LogP contribution is -2.54. The van der Waals surface area contributed by atoms with Crippen LogP contribution in [0.2, 0.25) is 5.02 Å².